The number of rotatable bonds is 5. The van der Waals surface area contributed by atoms with Crippen LogP contribution in [0, 0.1) is 6.92 Å². The fourth-order valence-electron chi connectivity index (χ4n) is 2.31. The summed E-state index contributed by atoms with van der Waals surface area (Å²) in [4.78, 5) is 4.34. The zero-order chi connectivity index (χ0) is 17.2. The Morgan fingerprint density at radius 2 is 1.83 bits per heavy atom. The van der Waals surface area contributed by atoms with Crippen molar-refractivity contribution < 1.29 is 12.6 Å². The number of para-hydroxylation sites is 1. The van der Waals surface area contributed by atoms with E-state index >= 15 is 0 Å². The van der Waals surface area contributed by atoms with Crippen LogP contribution in [-0.4, -0.2) is 20.1 Å². The normalized spacial score (nSPS) is 11.5. The number of hydrogen-bond donors (Lipinski definition) is 2. The molecule has 3 rings (SSSR count). The SMILES string of the molecule is Cc1ccc(S(=O)(=O)OCNc2c(N)cnc3ccccc23)cc1. The van der Waals surface area contributed by atoms with E-state index in [4.69, 9.17) is 9.92 Å². The molecule has 0 aliphatic carbocycles. The summed E-state index contributed by atoms with van der Waals surface area (Å²) in [5.74, 6) is 0. The van der Waals surface area contributed by atoms with E-state index in [-0.39, 0.29) is 11.6 Å². The van der Waals surface area contributed by atoms with Gasteiger partial charge in [0.25, 0.3) is 10.1 Å². The quantitative estimate of drug-likeness (QED) is 0.546. The number of hydrogen-bond acceptors (Lipinski definition) is 6. The van der Waals surface area contributed by atoms with Gasteiger partial charge in [0.2, 0.25) is 0 Å². The molecule has 0 radical (unpaired) electrons. The fourth-order valence-corrected chi connectivity index (χ4v) is 3.13. The predicted octanol–water partition coefficient (Wildman–Crippen LogP) is 2.90. The molecule has 0 aliphatic rings. The van der Waals surface area contributed by atoms with Gasteiger partial charge in [-0.1, -0.05) is 35.9 Å². The maximum absolute atomic E-state index is 12.2. The molecule has 24 heavy (non-hydrogen) atoms. The average Bonchev–Trinajstić information content (AvgIpc) is 2.57. The Bertz CT molecular complexity index is 970. The molecule has 0 saturated carbocycles. The number of fused-ring (bicyclic) bond motifs is 1. The van der Waals surface area contributed by atoms with Gasteiger partial charge >= 0.3 is 0 Å². The monoisotopic (exact) mass is 343 g/mol. The van der Waals surface area contributed by atoms with Crippen molar-refractivity contribution in [1.29, 1.82) is 0 Å². The summed E-state index contributed by atoms with van der Waals surface area (Å²) in [5, 5.41) is 3.73. The molecule has 0 bridgehead atoms. The first kappa shape index (κ1) is 16.2. The number of pyridine rings is 1. The second-order valence-electron chi connectivity index (χ2n) is 5.31. The Morgan fingerprint density at radius 1 is 1.12 bits per heavy atom. The van der Waals surface area contributed by atoms with Crippen molar-refractivity contribution in [2.24, 2.45) is 0 Å². The highest BCUT2D eigenvalue weighted by Crippen LogP contribution is 2.27. The number of nitrogens with one attached hydrogen (secondary N) is 1. The minimum atomic E-state index is -3.83. The molecule has 0 aliphatic heterocycles. The molecule has 0 atom stereocenters. The molecule has 1 heterocycles. The lowest BCUT2D eigenvalue weighted by Crippen LogP contribution is -2.14. The predicted molar refractivity (Wildman–Crippen MR) is 94.1 cm³/mol. The molecule has 1 aromatic heterocycles. The van der Waals surface area contributed by atoms with Gasteiger partial charge in [-0.05, 0) is 25.1 Å². The number of benzene rings is 2. The van der Waals surface area contributed by atoms with Crippen LogP contribution in [0.2, 0.25) is 0 Å². The van der Waals surface area contributed by atoms with Crippen LogP contribution in [0.1, 0.15) is 5.56 Å². The summed E-state index contributed by atoms with van der Waals surface area (Å²) < 4.78 is 29.4. The largest absolute Gasteiger partial charge is 0.396 e. The lowest BCUT2D eigenvalue weighted by Gasteiger charge is -2.12. The van der Waals surface area contributed by atoms with Crippen molar-refractivity contribution in [1.82, 2.24) is 4.98 Å². The summed E-state index contributed by atoms with van der Waals surface area (Å²) in [6, 6.07) is 13.9. The first-order chi connectivity index (χ1) is 11.5. The Hall–Kier alpha value is -2.64. The van der Waals surface area contributed by atoms with Crippen LogP contribution in [0.3, 0.4) is 0 Å². The van der Waals surface area contributed by atoms with Crippen molar-refractivity contribution in [2.75, 3.05) is 17.8 Å². The zero-order valence-electron chi connectivity index (χ0n) is 13.1. The van der Waals surface area contributed by atoms with Crippen LogP contribution in [0.5, 0.6) is 0 Å². The Labute approximate surface area is 140 Å². The van der Waals surface area contributed by atoms with Crippen molar-refractivity contribution in [3.8, 4) is 0 Å². The molecule has 6 nitrogen and oxygen atoms in total. The minimum absolute atomic E-state index is 0.113. The van der Waals surface area contributed by atoms with Gasteiger partial charge in [0.1, 0.15) is 6.73 Å². The van der Waals surface area contributed by atoms with E-state index in [0.717, 1.165) is 16.5 Å². The Kier molecular flexibility index (Phi) is 4.37. The van der Waals surface area contributed by atoms with Gasteiger partial charge in [0.15, 0.2) is 0 Å². The van der Waals surface area contributed by atoms with Gasteiger partial charge < -0.3 is 11.1 Å². The first-order valence-electron chi connectivity index (χ1n) is 7.30. The minimum Gasteiger partial charge on any atom is -0.396 e. The molecular formula is C17H17N3O3S. The first-order valence-corrected chi connectivity index (χ1v) is 8.71. The highest BCUT2D eigenvalue weighted by molar-refractivity contribution is 7.86. The van der Waals surface area contributed by atoms with E-state index in [2.05, 4.69) is 10.3 Å². The van der Waals surface area contributed by atoms with Crippen LogP contribution in [-0.2, 0) is 14.3 Å². The van der Waals surface area contributed by atoms with Crippen LogP contribution in [0.4, 0.5) is 11.4 Å². The van der Waals surface area contributed by atoms with Gasteiger partial charge in [-0.25, -0.2) is 4.18 Å². The standard InChI is InChI=1S/C17H17N3O3S/c1-12-6-8-13(9-7-12)24(21,22)23-11-20-17-14-4-2-3-5-16(14)19-10-15(17)18/h2-10H,11,18H2,1H3,(H,19,20). The highest BCUT2D eigenvalue weighted by Gasteiger charge is 2.15. The van der Waals surface area contributed by atoms with Crippen molar-refractivity contribution >= 4 is 32.4 Å². The molecule has 124 valence electrons. The van der Waals surface area contributed by atoms with Crippen molar-refractivity contribution in [3.05, 3.63) is 60.3 Å². The van der Waals surface area contributed by atoms with E-state index in [1.54, 1.807) is 12.1 Å². The van der Waals surface area contributed by atoms with E-state index in [1.807, 2.05) is 31.2 Å². The van der Waals surface area contributed by atoms with Gasteiger partial charge in [-0.3, -0.25) is 4.98 Å². The number of aromatic nitrogens is 1. The summed E-state index contributed by atoms with van der Waals surface area (Å²) in [6.07, 6.45) is 1.53. The third-order valence-corrected chi connectivity index (χ3v) is 4.86. The average molecular weight is 343 g/mol. The summed E-state index contributed by atoms with van der Waals surface area (Å²) in [7, 11) is -3.83. The number of nitrogens with zero attached hydrogens (tertiary/aromatic N) is 1. The molecule has 0 saturated heterocycles. The molecule has 2 aromatic carbocycles. The molecule has 7 heteroatoms. The van der Waals surface area contributed by atoms with Gasteiger partial charge in [0.05, 0.1) is 28.0 Å². The van der Waals surface area contributed by atoms with Gasteiger partial charge in [-0.2, -0.15) is 8.42 Å². The number of anilines is 2. The molecule has 3 N–H and O–H groups in total. The molecule has 0 amide bonds. The highest BCUT2D eigenvalue weighted by atomic mass is 32.2. The number of nitrogen functional groups attached to an aromatic ring is 1. The van der Waals surface area contributed by atoms with E-state index in [9.17, 15) is 8.42 Å². The van der Waals surface area contributed by atoms with Crippen molar-refractivity contribution in [2.45, 2.75) is 11.8 Å². The topological polar surface area (TPSA) is 94.3 Å². The zero-order valence-corrected chi connectivity index (χ0v) is 13.9. The maximum atomic E-state index is 12.2. The summed E-state index contributed by atoms with van der Waals surface area (Å²) in [6.45, 7) is 1.66. The van der Waals surface area contributed by atoms with E-state index in [1.165, 1.54) is 18.3 Å². The van der Waals surface area contributed by atoms with Crippen molar-refractivity contribution in [3.63, 3.8) is 0 Å². The molecule has 0 spiro atoms. The molecular weight excluding hydrogens is 326 g/mol. The van der Waals surface area contributed by atoms with Gasteiger partial charge in [0, 0.05) is 5.39 Å². The second-order valence-corrected chi connectivity index (χ2v) is 6.93. The lowest BCUT2D eigenvalue weighted by atomic mass is 10.1. The molecule has 3 aromatic rings. The van der Waals surface area contributed by atoms with E-state index < -0.39 is 10.1 Å². The summed E-state index contributed by atoms with van der Waals surface area (Å²) in [5.41, 5.74) is 8.69. The summed E-state index contributed by atoms with van der Waals surface area (Å²) >= 11 is 0. The number of aryl methyl sites for hydroxylation is 1. The third kappa shape index (κ3) is 3.32. The fraction of sp³-hybridized carbons (Fsp3) is 0.118. The Morgan fingerprint density at radius 3 is 2.58 bits per heavy atom. The number of nitrogens with two attached hydrogens (primary N) is 1. The van der Waals surface area contributed by atoms with E-state index in [0.29, 0.717) is 11.4 Å². The Balaban J connectivity index is 1.77. The van der Waals surface area contributed by atoms with Crippen LogP contribution < -0.4 is 11.1 Å². The van der Waals surface area contributed by atoms with Gasteiger partial charge in [-0.15, -0.1) is 0 Å². The molecule has 0 unspecified atom stereocenters. The third-order valence-electron chi connectivity index (χ3n) is 3.58. The van der Waals surface area contributed by atoms with Crippen LogP contribution in [0.25, 0.3) is 10.9 Å². The van der Waals surface area contributed by atoms with Crippen LogP contribution >= 0.6 is 0 Å². The molecule has 0 fully saturated rings. The second kappa shape index (κ2) is 6.46. The van der Waals surface area contributed by atoms with Crippen LogP contribution in [0.15, 0.2) is 59.6 Å². The maximum Gasteiger partial charge on any atom is 0.298 e. The smallest absolute Gasteiger partial charge is 0.298 e. The lowest BCUT2D eigenvalue weighted by molar-refractivity contribution is 0.344.